The normalized spacial score (nSPS) is 14.9. The van der Waals surface area contributed by atoms with Gasteiger partial charge in [0, 0.05) is 11.6 Å². The van der Waals surface area contributed by atoms with Crippen LogP contribution in [-0.2, 0) is 0 Å². The molecule has 3 rings (SSSR count). The molecule has 0 radical (unpaired) electrons. The first-order valence-corrected chi connectivity index (χ1v) is 12.7. The Morgan fingerprint density at radius 3 is 1.30 bits per heavy atom. The quantitative estimate of drug-likeness (QED) is 0.477. The van der Waals surface area contributed by atoms with E-state index in [0.717, 1.165) is 0 Å². The Balaban J connectivity index is 2.25. The van der Waals surface area contributed by atoms with Crippen LogP contribution in [0.3, 0.4) is 0 Å². The first-order chi connectivity index (χ1) is 15.3. The van der Waals surface area contributed by atoms with E-state index < -0.39 is 0 Å². The largest absolute Gasteiger partial charge is 0.264 e. The predicted octanol–water partition coefficient (Wildman–Crippen LogP) is 8.81. The van der Waals surface area contributed by atoms with E-state index in [0.29, 0.717) is 23.7 Å². The topological polar surface area (TPSA) is 18.5 Å². The molecule has 33 heavy (non-hydrogen) atoms. The van der Waals surface area contributed by atoms with E-state index in [1.807, 2.05) is 0 Å². The maximum atomic E-state index is 3.84. The van der Waals surface area contributed by atoms with E-state index in [1.165, 1.54) is 39.3 Å². The summed E-state index contributed by atoms with van der Waals surface area (Å²) in [6, 6.07) is 13.6. The van der Waals surface area contributed by atoms with Gasteiger partial charge in [-0.05, 0) is 45.9 Å². The van der Waals surface area contributed by atoms with Gasteiger partial charge in [-0.1, -0.05) is 113 Å². The number of allylic oxidation sites excluding steroid dienone is 1. The van der Waals surface area contributed by atoms with Crippen LogP contribution >= 0.6 is 0 Å². The Hall–Kier alpha value is -2.26. The molecule has 2 aromatic rings. The minimum absolute atomic E-state index is 0.0230. The number of benzene rings is 2. The second-order valence-electron chi connectivity index (χ2n) is 11.8. The molecule has 0 saturated carbocycles. The van der Waals surface area contributed by atoms with Crippen LogP contribution < -0.4 is 15.6 Å². The molecule has 0 aliphatic carbocycles. The molecular formula is C30H45N3. The van der Waals surface area contributed by atoms with Crippen molar-refractivity contribution in [3.05, 3.63) is 70.5 Å². The van der Waals surface area contributed by atoms with Crippen molar-refractivity contribution in [1.82, 2.24) is 5.53 Å². The van der Waals surface area contributed by atoms with Gasteiger partial charge in [-0.3, -0.25) is 10.0 Å². The molecule has 1 heterocycles. The highest BCUT2D eigenvalue weighted by molar-refractivity contribution is 5.71. The number of anilines is 2. The van der Waals surface area contributed by atoms with Crippen LogP contribution in [0.4, 0.5) is 11.4 Å². The number of hydrazine groups is 2. The van der Waals surface area contributed by atoms with Gasteiger partial charge in [0.1, 0.15) is 0 Å². The zero-order valence-electron chi connectivity index (χ0n) is 22.7. The van der Waals surface area contributed by atoms with Gasteiger partial charge in [0.05, 0.1) is 17.1 Å². The minimum atomic E-state index is -0.0230. The Labute approximate surface area is 202 Å². The average molecular weight is 448 g/mol. The van der Waals surface area contributed by atoms with Crippen molar-refractivity contribution in [3.63, 3.8) is 0 Å². The standard InChI is InChI=1S/C30H45N3/c1-19(2)23-14-12-15-24(20(3)4)28(23)32-18-27(30(9,10)11)33(31-32)29-25(21(5)6)16-13-17-26(29)22(7)8/h12-22,31H,1-11H3. The number of nitrogens with zero attached hydrogens (tertiary/aromatic N) is 2. The molecule has 0 fully saturated rings. The van der Waals surface area contributed by atoms with Crippen molar-refractivity contribution < 1.29 is 0 Å². The van der Waals surface area contributed by atoms with Crippen LogP contribution in [0, 0.1) is 5.41 Å². The summed E-state index contributed by atoms with van der Waals surface area (Å²) in [4.78, 5) is 0. The van der Waals surface area contributed by atoms with E-state index in [-0.39, 0.29) is 5.41 Å². The summed E-state index contributed by atoms with van der Waals surface area (Å²) < 4.78 is 0. The lowest BCUT2D eigenvalue weighted by Crippen LogP contribution is -2.44. The van der Waals surface area contributed by atoms with Crippen molar-refractivity contribution in [2.75, 3.05) is 10.0 Å². The van der Waals surface area contributed by atoms with Crippen LogP contribution in [0.5, 0.6) is 0 Å². The summed E-state index contributed by atoms with van der Waals surface area (Å²) in [5, 5.41) is 4.65. The molecular weight excluding hydrogens is 402 g/mol. The zero-order chi connectivity index (χ0) is 24.7. The van der Waals surface area contributed by atoms with Crippen molar-refractivity contribution in [1.29, 1.82) is 0 Å². The van der Waals surface area contributed by atoms with Crippen molar-refractivity contribution >= 4 is 11.4 Å². The monoisotopic (exact) mass is 447 g/mol. The van der Waals surface area contributed by atoms with Crippen LogP contribution in [-0.4, -0.2) is 0 Å². The molecule has 1 aliphatic rings. The number of rotatable bonds is 6. The molecule has 3 heteroatoms. The number of nitrogens with one attached hydrogen (secondary N) is 1. The van der Waals surface area contributed by atoms with Gasteiger partial charge >= 0.3 is 0 Å². The predicted molar refractivity (Wildman–Crippen MR) is 145 cm³/mol. The summed E-state index contributed by atoms with van der Waals surface area (Å²) in [6.45, 7) is 25.2. The van der Waals surface area contributed by atoms with Crippen LogP contribution in [0.2, 0.25) is 0 Å². The number of hydrogen-bond acceptors (Lipinski definition) is 3. The fourth-order valence-corrected chi connectivity index (χ4v) is 4.74. The third kappa shape index (κ3) is 4.99. The highest BCUT2D eigenvalue weighted by atomic mass is 15.8. The first kappa shape index (κ1) is 25.4. The second kappa shape index (κ2) is 9.54. The molecule has 0 spiro atoms. The van der Waals surface area contributed by atoms with Gasteiger partial charge in [0.15, 0.2) is 0 Å². The molecule has 0 amide bonds. The summed E-state index contributed by atoms with van der Waals surface area (Å²) >= 11 is 0. The Kier molecular flexibility index (Phi) is 7.33. The molecule has 0 aromatic heterocycles. The summed E-state index contributed by atoms with van der Waals surface area (Å²) in [5.74, 6) is 1.75. The van der Waals surface area contributed by atoms with Gasteiger partial charge in [0.2, 0.25) is 0 Å². The van der Waals surface area contributed by atoms with E-state index >= 15 is 0 Å². The summed E-state index contributed by atoms with van der Waals surface area (Å²) in [5.41, 5.74) is 13.2. The lowest BCUT2D eigenvalue weighted by Gasteiger charge is -2.35. The van der Waals surface area contributed by atoms with Crippen molar-refractivity contribution in [3.8, 4) is 0 Å². The molecule has 1 aliphatic heterocycles. The molecule has 0 unspecified atom stereocenters. The fourth-order valence-electron chi connectivity index (χ4n) is 4.74. The van der Waals surface area contributed by atoms with Gasteiger partial charge in [0.25, 0.3) is 0 Å². The number of hydrogen-bond donors (Lipinski definition) is 1. The van der Waals surface area contributed by atoms with Crippen molar-refractivity contribution in [2.24, 2.45) is 5.41 Å². The van der Waals surface area contributed by atoms with Crippen LogP contribution in [0.1, 0.15) is 122 Å². The van der Waals surface area contributed by atoms with Crippen LogP contribution in [0.15, 0.2) is 48.3 Å². The maximum absolute atomic E-state index is 3.84. The Morgan fingerprint density at radius 2 is 0.970 bits per heavy atom. The molecule has 2 aromatic carbocycles. The lowest BCUT2D eigenvalue weighted by atomic mass is 9.88. The SMILES string of the molecule is CC(C)c1cccc(C(C)C)c1N1C=C(C(C)(C)C)N(c2c(C(C)C)cccc2C(C)C)N1. The van der Waals surface area contributed by atoms with E-state index in [2.05, 4.69) is 134 Å². The molecule has 0 bridgehead atoms. The molecule has 0 saturated heterocycles. The molecule has 0 atom stereocenters. The Bertz CT molecular complexity index is 953. The third-order valence-electron chi connectivity index (χ3n) is 6.62. The first-order valence-electron chi connectivity index (χ1n) is 12.7. The van der Waals surface area contributed by atoms with Gasteiger partial charge in [-0.15, -0.1) is 5.53 Å². The molecule has 3 nitrogen and oxygen atoms in total. The van der Waals surface area contributed by atoms with Crippen molar-refractivity contribution in [2.45, 2.75) is 99.8 Å². The van der Waals surface area contributed by atoms with E-state index in [1.54, 1.807) is 0 Å². The second-order valence-corrected chi connectivity index (χ2v) is 11.8. The number of para-hydroxylation sites is 2. The minimum Gasteiger partial charge on any atom is -0.264 e. The van der Waals surface area contributed by atoms with Crippen LogP contribution in [0.25, 0.3) is 0 Å². The third-order valence-corrected chi connectivity index (χ3v) is 6.62. The summed E-state index contributed by atoms with van der Waals surface area (Å²) in [6.07, 6.45) is 2.33. The molecule has 1 N–H and O–H groups in total. The maximum Gasteiger partial charge on any atom is 0.0662 e. The highest BCUT2D eigenvalue weighted by Gasteiger charge is 2.35. The van der Waals surface area contributed by atoms with E-state index in [4.69, 9.17) is 0 Å². The van der Waals surface area contributed by atoms with Gasteiger partial charge in [-0.25, -0.2) is 0 Å². The van der Waals surface area contributed by atoms with Gasteiger partial charge < -0.3 is 0 Å². The smallest absolute Gasteiger partial charge is 0.0662 e. The lowest BCUT2D eigenvalue weighted by molar-refractivity contribution is 0.480. The fraction of sp³-hybridized carbons (Fsp3) is 0.533. The summed E-state index contributed by atoms with van der Waals surface area (Å²) in [7, 11) is 0. The zero-order valence-corrected chi connectivity index (χ0v) is 22.7. The highest BCUT2D eigenvalue weighted by Crippen LogP contribution is 2.44. The van der Waals surface area contributed by atoms with Gasteiger partial charge in [-0.2, -0.15) is 0 Å². The molecule has 180 valence electrons. The van der Waals surface area contributed by atoms with E-state index in [9.17, 15) is 0 Å². The average Bonchev–Trinajstić information content (AvgIpc) is 3.17. The Morgan fingerprint density at radius 1 is 0.606 bits per heavy atom.